The van der Waals surface area contributed by atoms with E-state index < -0.39 is 58.6 Å². The van der Waals surface area contributed by atoms with Gasteiger partial charge in [0.05, 0.1) is 22.1 Å². The summed E-state index contributed by atoms with van der Waals surface area (Å²) in [6, 6.07) is 0. The summed E-state index contributed by atoms with van der Waals surface area (Å²) in [5, 5.41) is 18.6. The molecular weight excluding hydrogens is 279 g/mol. The molecule has 7 atom stereocenters. The second-order valence-corrected chi connectivity index (χ2v) is 5.72. The van der Waals surface area contributed by atoms with E-state index >= 15 is 0 Å². The monoisotopic (exact) mass is 302 g/mol. The van der Waals surface area contributed by atoms with Crippen LogP contribution in [0.2, 0.25) is 0 Å². The van der Waals surface area contributed by atoms with Gasteiger partial charge in [-0.15, -0.1) is 0 Å². The molecule has 0 aromatic carbocycles. The van der Waals surface area contributed by atoms with E-state index in [2.05, 4.69) is 0 Å². The first kappa shape index (κ1) is 12.7. The standard InChI is InChI=1S/C10H19O8P/c11-5-9-8(2-4-15-9)18-19(13,14)17-6-10-7(12)1-3-16-10/h7-12H,1-6H2,(H,13,14)/t7-,8-,9+,10+/m0/s1/i3T,4T/t3-,4-,7-,8-,9+,10+. The zero-order valence-electron chi connectivity index (χ0n) is 12.1. The van der Waals surface area contributed by atoms with Crippen molar-refractivity contribution in [2.75, 3.05) is 26.4 Å². The normalized spacial score (nSPS) is 47.7. The van der Waals surface area contributed by atoms with Crippen LogP contribution in [0.5, 0.6) is 0 Å². The highest BCUT2D eigenvalue weighted by Gasteiger charge is 2.37. The largest absolute Gasteiger partial charge is 0.472 e. The zero-order valence-corrected chi connectivity index (χ0v) is 11.0. The lowest BCUT2D eigenvalue weighted by atomic mass is 10.2. The summed E-state index contributed by atoms with van der Waals surface area (Å²) >= 11 is 0. The molecule has 19 heavy (non-hydrogen) atoms. The highest BCUT2D eigenvalue weighted by atomic mass is 31.2. The van der Waals surface area contributed by atoms with Crippen LogP contribution in [0, 0.1) is 0 Å². The Bertz CT molecular complexity index is 399. The van der Waals surface area contributed by atoms with E-state index in [9.17, 15) is 14.6 Å². The second kappa shape index (κ2) is 6.60. The third-order valence-electron chi connectivity index (χ3n) is 2.90. The van der Waals surface area contributed by atoms with Gasteiger partial charge in [-0.1, -0.05) is 0 Å². The van der Waals surface area contributed by atoms with Crippen molar-refractivity contribution in [3.63, 3.8) is 0 Å². The summed E-state index contributed by atoms with van der Waals surface area (Å²) in [4.78, 5) is 9.62. The van der Waals surface area contributed by atoms with Crippen LogP contribution < -0.4 is 0 Å². The summed E-state index contributed by atoms with van der Waals surface area (Å²) in [6.07, 6.45) is -3.45. The van der Waals surface area contributed by atoms with Crippen LogP contribution in [-0.4, -0.2) is 65.9 Å². The Morgan fingerprint density at radius 1 is 1.32 bits per heavy atom. The molecule has 0 saturated carbocycles. The van der Waals surface area contributed by atoms with Crippen molar-refractivity contribution in [1.29, 1.82) is 0 Å². The second-order valence-electron chi connectivity index (χ2n) is 4.31. The van der Waals surface area contributed by atoms with E-state index in [0.717, 1.165) is 0 Å². The van der Waals surface area contributed by atoms with Gasteiger partial charge >= 0.3 is 7.82 Å². The molecule has 0 aromatic heterocycles. The minimum Gasteiger partial charge on any atom is -0.394 e. The maximum absolute atomic E-state index is 11.8. The molecule has 0 aromatic rings. The quantitative estimate of drug-likeness (QED) is 0.558. The minimum absolute atomic E-state index is 0.0382. The molecule has 3 N–H and O–H groups in total. The molecule has 2 heterocycles. The number of aliphatic hydroxyl groups excluding tert-OH is 2. The lowest BCUT2D eigenvalue weighted by molar-refractivity contribution is -0.0190. The van der Waals surface area contributed by atoms with Crippen molar-refractivity contribution in [2.45, 2.75) is 37.3 Å². The smallest absolute Gasteiger partial charge is 0.394 e. The van der Waals surface area contributed by atoms with E-state index in [1.807, 2.05) is 0 Å². The van der Waals surface area contributed by atoms with Gasteiger partial charge in [-0.25, -0.2) is 4.57 Å². The van der Waals surface area contributed by atoms with E-state index in [1.165, 1.54) is 0 Å². The number of rotatable bonds is 6. The summed E-state index contributed by atoms with van der Waals surface area (Å²) in [7, 11) is -4.44. The van der Waals surface area contributed by atoms with Gasteiger partial charge < -0.3 is 24.6 Å². The summed E-state index contributed by atoms with van der Waals surface area (Å²) < 4.78 is 46.2. The first-order valence-electron chi connectivity index (χ1n) is 7.06. The molecule has 2 aliphatic heterocycles. The Morgan fingerprint density at radius 3 is 2.63 bits per heavy atom. The van der Waals surface area contributed by atoms with Gasteiger partial charge in [0.15, 0.2) is 0 Å². The average molecular weight is 302 g/mol. The number of hydrogen-bond acceptors (Lipinski definition) is 7. The zero-order chi connectivity index (χ0) is 15.6. The van der Waals surface area contributed by atoms with Crippen LogP contribution in [-0.2, 0) is 23.1 Å². The Hall–Kier alpha value is -0.0500. The fourth-order valence-electron chi connectivity index (χ4n) is 1.82. The SMILES string of the molecule is [3H][C@H]1C[C@H](OP(=O)(O)OC[C@H]2O[C@@H]([3H])C[C@@H]2O)[C@@H](CO)O1. The topological polar surface area (TPSA) is 115 Å². The predicted molar refractivity (Wildman–Crippen MR) is 62.5 cm³/mol. The molecule has 8 nitrogen and oxygen atoms in total. The minimum atomic E-state index is -4.44. The molecule has 0 aliphatic carbocycles. The van der Waals surface area contributed by atoms with E-state index in [0.29, 0.717) is 0 Å². The number of hydrogen-bond donors (Lipinski definition) is 3. The molecule has 112 valence electrons. The highest BCUT2D eigenvalue weighted by Crippen LogP contribution is 2.47. The van der Waals surface area contributed by atoms with Gasteiger partial charge in [0, 0.05) is 19.6 Å². The molecule has 2 saturated heterocycles. The molecule has 1 unspecified atom stereocenters. The number of phosphoric ester groups is 1. The Balaban J connectivity index is 1.83. The van der Waals surface area contributed by atoms with Gasteiger partial charge in [0.1, 0.15) is 18.3 Å². The van der Waals surface area contributed by atoms with Gasteiger partial charge in [-0.3, -0.25) is 9.05 Å². The van der Waals surface area contributed by atoms with Crippen LogP contribution in [0.25, 0.3) is 0 Å². The molecule has 2 rings (SSSR count). The van der Waals surface area contributed by atoms with Crippen LogP contribution in [0.4, 0.5) is 0 Å². The fourth-order valence-corrected chi connectivity index (χ4v) is 2.78. The fraction of sp³-hybridized carbons (Fsp3) is 1.00. The van der Waals surface area contributed by atoms with Crippen molar-refractivity contribution in [3.05, 3.63) is 0 Å². The molecule has 2 fully saturated rings. The third-order valence-corrected chi connectivity index (χ3v) is 3.92. The molecule has 9 heteroatoms. The molecule has 0 radical (unpaired) electrons. The summed E-state index contributed by atoms with van der Waals surface area (Å²) in [6.45, 7) is -2.66. The van der Waals surface area contributed by atoms with Crippen LogP contribution >= 0.6 is 7.82 Å². The maximum Gasteiger partial charge on any atom is 0.472 e. The molecule has 0 amide bonds. The van der Waals surface area contributed by atoms with Crippen molar-refractivity contribution in [1.82, 2.24) is 0 Å². The van der Waals surface area contributed by atoms with Crippen LogP contribution in [0.15, 0.2) is 0 Å². The number of aliphatic hydroxyl groups is 2. The first-order valence-corrected chi connectivity index (χ1v) is 7.40. The number of phosphoric acid groups is 1. The van der Waals surface area contributed by atoms with Crippen molar-refractivity contribution in [3.8, 4) is 0 Å². The van der Waals surface area contributed by atoms with Gasteiger partial charge in [-0.05, 0) is 6.42 Å². The molecular formula is C10H19O8P. The molecule has 0 spiro atoms. The van der Waals surface area contributed by atoms with Crippen LogP contribution in [0.3, 0.4) is 0 Å². The predicted octanol–water partition coefficient (Wildman–Crippen LogP) is -0.580. The Labute approximate surface area is 113 Å². The van der Waals surface area contributed by atoms with Crippen molar-refractivity contribution in [2.24, 2.45) is 0 Å². The number of ether oxygens (including phenoxy) is 2. The van der Waals surface area contributed by atoms with E-state index in [-0.39, 0.29) is 12.8 Å². The summed E-state index contributed by atoms with van der Waals surface area (Å²) in [5.41, 5.74) is 0. The van der Waals surface area contributed by atoms with E-state index in [4.69, 9.17) is 26.4 Å². The van der Waals surface area contributed by atoms with Crippen molar-refractivity contribution < 1.29 is 40.9 Å². The maximum atomic E-state index is 11.8. The average Bonchev–Trinajstić information content (AvgIpc) is 2.88. The van der Waals surface area contributed by atoms with Gasteiger partial charge in [-0.2, -0.15) is 0 Å². The lowest BCUT2D eigenvalue weighted by Gasteiger charge is -2.21. The van der Waals surface area contributed by atoms with Crippen LogP contribution in [0.1, 0.15) is 15.6 Å². The molecule has 2 aliphatic rings. The summed E-state index contributed by atoms with van der Waals surface area (Å²) in [5.74, 6) is 0. The lowest BCUT2D eigenvalue weighted by Crippen LogP contribution is -2.29. The third kappa shape index (κ3) is 4.21. The Kier molecular flexibility index (Phi) is 4.40. The Morgan fingerprint density at radius 2 is 2.00 bits per heavy atom. The molecule has 0 bridgehead atoms. The highest BCUT2D eigenvalue weighted by molar-refractivity contribution is 7.47. The van der Waals surface area contributed by atoms with Crippen molar-refractivity contribution >= 4 is 7.82 Å². The van der Waals surface area contributed by atoms with E-state index in [1.54, 1.807) is 0 Å². The first-order chi connectivity index (χ1) is 9.80. The van der Waals surface area contributed by atoms with Gasteiger partial charge in [0.2, 0.25) is 0 Å². The van der Waals surface area contributed by atoms with Gasteiger partial charge in [0.25, 0.3) is 0 Å².